The molecule has 164 valence electrons. The van der Waals surface area contributed by atoms with Gasteiger partial charge in [-0.15, -0.1) is 13.2 Å². The Kier molecular flexibility index (Phi) is 5.87. The fourth-order valence-electron chi connectivity index (χ4n) is 2.90. The molecule has 0 fully saturated rings. The van der Waals surface area contributed by atoms with Crippen LogP contribution in [0.3, 0.4) is 0 Å². The third kappa shape index (κ3) is 5.09. The van der Waals surface area contributed by atoms with Crippen molar-refractivity contribution < 1.29 is 27.2 Å². The summed E-state index contributed by atoms with van der Waals surface area (Å²) in [5.74, 6) is -0.350. The van der Waals surface area contributed by atoms with E-state index in [-0.39, 0.29) is 29.9 Å². The molecule has 2 heterocycles. The fraction of sp³-hybridized carbons (Fsp3) is 0.0952. The molecule has 1 N–H and O–H groups in total. The Bertz CT molecular complexity index is 1240. The van der Waals surface area contributed by atoms with Gasteiger partial charge < -0.3 is 19.1 Å². The number of hydrogen-bond donors (Lipinski definition) is 1. The van der Waals surface area contributed by atoms with Crippen LogP contribution in [0.2, 0.25) is 5.02 Å². The molecule has 2 aromatic carbocycles. The first-order valence-electron chi connectivity index (χ1n) is 9.18. The number of carbonyl (C=O) groups excluding carboxylic acids is 1. The molecule has 0 aliphatic heterocycles. The summed E-state index contributed by atoms with van der Waals surface area (Å²) in [5, 5.41) is 7.01. The maximum absolute atomic E-state index is 12.4. The second kappa shape index (κ2) is 8.75. The minimum absolute atomic E-state index is 0.0330. The van der Waals surface area contributed by atoms with Crippen LogP contribution < -0.4 is 10.1 Å². The molecule has 0 saturated heterocycles. The topological polar surface area (TPSA) is 82.2 Å². The van der Waals surface area contributed by atoms with Crippen molar-refractivity contribution in [1.82, 2.24) is 14.7 Å². The van der Waals surface area contributed by atoms with E-state index in [1.54, 1.807) is 47.2 Å². The van der Waals surface area contributed by atoms with Crippen LogP contribution in [0.5, 0.6) is 5.75 Å². The van der Waals surface area contributed by atoms with Crippen molar-refractivity contribution in [2.75, 3.05) is 5.32 Å². The monoisotopic (exact) mass is 462 g/mol. The van der Waals surface area contributed by atoms with Crippen molar-refractivity contribution in [3.63, 3.8) is 0 Å². The van der Waals surface area contributed by atoms with Crippen LogP contribution in [0.1, 0.15) is 0 Å². The lowest BCUT2D eigenvalue weighted by molar-refractivity contribution is -0.274. The molecule has 0 bridgehead atoms. The quantitative estimate of drug-likeness (QED) is 0.415. The van der Waals surface area contributed by atoms with E-state index in [1.807, 2.05) is 0 Å². The fourth-order valence-corrected chi connectivity index (χ4v) is 3.09. The molecule has 0 unspecified atom stereocenters. The summed E-state index contributed by atoms with van der Waals surface area (Å²) in [5.41, 5.74) is 1.42. The highest BCUT2D eigenvalue weighted by atomic mass is 35.5. The zero-order valence-corrected chi connectivity index (χ0v) is 16.9. The molecular weight excluding hydrogens is 449 g/mol. The minimum Gasteiger partial charge on any atom is -0.406 e. The van der Waals surface area contributed by atoms with E-state index in [0.29, 0.717) is 22.0 Å². The summed E-state index contributed by atoms with van der Waals surface area (Å²) in [6, 6.07) is 15.3. The summed E-state index contributed by atoms with van der Waals surface area (Å²) < 4.78 is 47.6. The molecule has 0 spiro atoms. The van der Waals surface area contributed by atoms with E-state index in [9.17, 15) is 18.0 Å². The first-order valence-corrected chi connectivity index (χ1v) is 9.56. The number of alkyl halides is 3. The van der Waals surface area contributed by atoms with Crippen molar-refractivity contribution in [1.29, 1.82) is 0 Å². The lowest BCUT2D eigenvalue weighted by Crippen LogP contribution is -2.19. The Morgan fingerprint density at radius 2 is 1.84 bits per heavy atom. The van der Waals surface area contributed by atoms with Gasteiger partial charge in [-0.2, -0.15) is 4.98 Å². The molecule has 1 amide bonds. The van der Waals surface area contributed by atoms with Gasteiger partial charge in [0, 0.05) is 11.8 Å². The van der Waals surface area contributed by atoms with Crippen LogP contribution in [0.15, 0.2) is 71.4 Å². The largest absolute Gasteiger partial charge is 0.573 e. The average Bonchev–Trinajstić information content (AvgIpc) is 3.38. The van der Waals surface area contributed by atoms with Gasteiger partial charge >= 0.3 is 6.36 Å². The van der Waals surface area contributed by atoms with Crippen molar-refractivity contribution in [2.24, 2.45) is 0 Å². The number of nitrogens with zero attached hydrogens (tertiary/aromatic N) is 3. The van der Waals surface area contributed by atoms with Crippen LogP contribution in [-0.2, 0) is 11.3 Å². The second-order valence-electron chi connectivity index (χ2n) is 6.54. The highest BCUT2D eigenvalue weighted by molar-refractivity contribution is 6.33. The number of hydrogen-bond acceptors (Lipinski definition) is 5. The molecule has 0 saturated carbocycles. The molecule has 0 aliphatic rings. The predicted molar refractivity (Wildman–Crippen MR) is 110 cm³/mol. The number of anilines is 1. The van der Waals surface area contributed by atoms with Gasteiger partial charge in [0.25, 0.3) is 5.89 Å². The van der Waals surface area contributed by atoms with Crippen LogP contribution >= 0.6 is 11.6 Å². The van der Waals surface area contributed by atoms with Gasteiger partial charge in [0.15, 0.2) is 0 Å². The van der Waals surface area contributed by atoms with Crippen molar-refractivity contribution >= 4 is 23.2 Å². The molecule has 0 radical (unpaired) electrons. The van der Waals surface area contributed by atoms with E-state index in [1.165, 1.54) is 12.1 Å². The minimum atomic E-state index is -4.77. The second-order valence-corrected chi connectivity index (χ2v) is 6.95. The maximum atomic E-state index is 12.4. The number of amides is 1. The molecule has 4 rings (SSSR count). The van der Waals surface area contributed by atoms with Crippen LogP contribution in [-0.4, -0.2) is 27.0 Å². The van der Waals surface area contributed by atoms with E-state index in [4.69, 9.17) is 16.1 Å². The Morgan fingerprint density at radius 1 is 1.09 bits per heavy atom. The van der Waals surface area contributed by atoms with Gasteiger partial charge in [0.1, 0.15) is 18.0 Å². The lowest BCUT2D eigenvalue weighted by atomic mass is 10.2. The zero-order chi connectivity index (χ0) is 22.7. The third-order valence-corrected chi connectivity index (χ3v) is 4.61. The number of aromatic nitrogens is 3. The first kappa shape index (κ1) is 21.4. The first-order chi connectivity index (χ1) is 15.3. The number of ether oxygens (including phenoxy) is 1. The summed E-state index contributed by atoms with van der Waals surface area (Å²) >= 11 is 6.06. The Balaban J connectivity index is 1.48. The summed E-state index contributed by atoms with van der Waals surface area (Å²) in [7, 11) is 0. The summed E-state index contributed by atoms with van der Waals surface area (Å²) in [4.78, 5) is 16.7. The van der Waals surface area contributed by atoms with E-state index in [0.717, 1.165) is 12.1 Å². The molecule has 4 aromatic rings. The van der Waals surface area contributed by atoms with E-state index < -0.39 is 6.36 Å². The maximum Gasteiger partial charge on any atom is 0.573 e. The van der Waals surface area contributed by atoms with E-state index in [2.05, 4.69) is 20.2 Å². The number of benzene rings is 2. The van der Waals surface area contributed by atoms with Crippen molar-refractivity contribution in [3.8, 4) is 28.7 Å². The normalized spacial score (nSPS) is 11.4. The molecule has 0 aliphatic carbocycles. The number of halogens is 4. The molecule has 0 atom stereocenters. The number of carbonyl (C=O) groups is 1. The van der Waals surface area contributed by atoms with Crippen LogP contribution in [0.25, 0.3) is 23.0 Å². The van der Waals surface area contributed by atoms with Crippen molar-refractivity contribution in [3.05, 3.63) is 71.9 Å². The summed E-state index contributed by atoms with van der Waals surface area (Å²) in [6.45, 7) is -0.0330. The van der Waals surface area contributed by atoms with Gasteiger partial charge in [-0.1, -0.05) is 28.9 Å². The number of nitrogens with one attached hydrogen (secondary N) is 1. The number of rotatable bonds is 6. The molecule has 32 heavy (non-hydrogen) atoms. The van der Waals surface area contributed by atoms with Gasteiger partial charge in [-0.05, 0) is 48.5 Å². The van der Waals surface area contributed by atoms with Crippen LogP contribution in [0, 0.1) is 0 Å². The Hall–Kier alpha value is -3.79. The van der Waals surface area contributed by atoms with Gasteiger partial charge in [0.05, 0.1) is 10.7 Å². The molecule has 7 nitrogen and oxygen atoms in total. The highest BCUT2D eigenvalue weighted by Crippen LogP contribution is 2.27. The average molecular weight is 463 g/mol. The zero-order valence-electron chi connectivity index (χ0n) is 16.1. The SMILES string of the molecule is O=C(Cn1cccc1-c1nc(-c2ccc(OC(F)(F)F)cc2)no1)Nc1ccccc1Cl. The van der Waals surface area contributed by atoms with Crippen molar-refractivity contribution in [2.45, 2.75) is 12.9 Å². The Morgan fingerprint density at radius 3 is 2.56 bits per heavy atom. The van der Waals surface area contributed by atoms with Gasteiger partial charge in [-0.25, -0.2) is 0 Å². The molecular formula is C21H14ClF3N4O3. The van der Waals surface area contributed by atoms with Gasteiger partial charge in [-0.3, -0.25) is 4.79 Å². The van der Waals surface area contributed by atoms with E-state index >= 15 is 0 Å². The number of para-hydroxylation sites is 1. The highest BCUT2D eigenvalue weighted by Gasteiger charge is 2.31. The molecule has 11 heteroatoms. The summed E-state index contributed by atoms with van der Waals surface area (Å²) in [6.07, 6.45) is -3.10. The lowest BCUT2D eigenvalue weighted by Gasteiger charge is -2.09. The van der Waals surface area contributed by atoms with Crippen LogP contribution in [0.4, 0.5) is 18.9 Å². The Labute approximate surface area is 184 Å². The smallest absolute Gasteiger partial charge is 0.406 e. The molecule has 2 aromatic heterocycles. The third-order valence-electron chi connectivity index (χ3n) is 4.28. The predicted octanol–water partition coefficient (Wildman–Crippen LogP) is 5.40. The standard InChI is InChI=1S/C21H14ClF3N4O3/c22-15-4-1-2-5-16(15)26-18(30)12-29-11-3-6-17(29)20-27-19(28-32-20)13-7-9-14(10-8-13)31-21(23,24)25/h1-11H,12H2,(H,26,30). The van der Waals surface area contributed by atoms with Gasteiger partial charge in [0.2, 0.25) is 11.7 Å².